The predicted octanol–water partition coefficient (Wildman–Crippen LogP) is 4.63. The number of hydrogen-bond donors (Lipinski definition) is 1. The van der Waals surface area contributed by atoms with Gasteiger partial charge in [0.05, 0.1) is 0 Å². The molecule has 1 aromatic carbocycles. The molecule has 0 aromatic heterocycles. The van der Waals surface area contributed by atoms with E-state index in [-0.39, 0.29) is 6.04 Å². The molecule has 3 heteroatoms. The van der Waals surface area contributed by atoms with Crippen LogP contribution in [0.4, 0.5) is 5.69 Å². The maximum Gasteiger partial charge on any atom is 0.0380 e. The molecule has 0 bridgehead atoms. The number of hydrogen-bond acceptors (Lipinski definition) is 2. The highest BCUT2D eigenvalue weighted by Gasteiger charge is 2.33. The Kier molecular flexibility index (Phi) is 4.37. The Hall–Kier alpha value is -0.540. The van der Waals surface area contributed by atoms with Crippen molar-refractivity contribution in [3.8, 4) is 0 Å². The molecular formula is C17H25BrN2. The van der Waals surface area contributed by atoms with E-state index in [1.807, 2.05) is 6.92 Å². The van der Waals surface area contributed by atoms with Crippen LogP contribution in [0, 0.1) is 5.92 Å². The first-order chi connectivity index (χ1) is 9.66. The molecule has 1 heterocycles. The van der Waals surface area contributed by atoms with Crippen LogP contribution in [-0.4, -0.2) is 12.6 Å². The van der Waals surface area contributed by atoms with E-state index in [9.17, 15) is 0 Å². The summed E-state index contributed by atoms with van der Waals surface area (Å²) in [6.07, 6.45) is 8.41. The third kappa shape index (κ3) is 2.75. The second-order valence-corrected chi connectivity index (χ2v) is 7.30. The molecule has 3 atom stereocenters. The van der Waals surface area contributed by atoms with E-state index in [0.29, 0.717) is 0 Å². The van der Waals surface area contributed by atoms with Crippen molar-refractivity contribution in [1.29, 1.82) is 0 Å². The van der Waals surface area contributed by atoms with Crippen LogP contribution in [0.25, 0.3) is 0 Å². The summed E-state index contributed by atoms with van der Waals surface area (Å²) in [5.41, 5.74) is 8.58. The summed E-state index contributed by atoms with van der Waals surface area (Å²) in [5.74, 6) is 0.921. The van der Waals surface area contributed by atoms with Gasteiger partial charge in [0.1, 0.15) is 0 Å². The van der Waals surface area contributed by atoms with Crippen molar-refractivity contribution in [2.75, 3.05) is 11.4 Å². The van der Waals surface area contributed by atoms with E-state index >= 15 is 0 Å². The summed E-state index contributed by atoms with van der Waals surface area (Å²) >= 11 is 3.70. The van der Waals surface area contributed by atoms with E-state index in [4.69, 9.17) is 5.73 Å². The number of nitrogens with zero attached hydrogens (tertiary/aromatic N) is 1. The van der Waals surface area contributed by atoms with Gasteiger partial charge < -0.3 is 10.6 Å². The smallest absolute Gasteiger partial charge is 0.0380 e. The molecule has 2 aliphatic rings. The molecule has 0 amide bonds. The Balaban J connectivity index is 1.85. The molecule has 2 fully saturated rings. The van der Waals surface area contributed by atoms with Gasteiger partial charge in [-0.05, 0) is 56.2 Å². The zero-order chi connectivity index (χ0) is 14.1. The molecule has 2 N–H and O–H groups in total. The highest BCUT2D eigenvalue weighted by atomic mass is 79.9. The molecule has 1 saturated carbocycles. The van der Waals surface area contributed by atoms with Gasteiger partial charge in [0, 0.05) is 28.8 Å². The topological polar surface area (TPSA) is 29.3 Å². The minimum atomic E-state index is 0.0854. The Morgan fingerprint density at radius 3 is 2.70 bits per heavy atom. The Morgan fingerprint density at radius 1 is 1.20 bits per heavy atom. The van der Waals surface area contributed by atoms with Crippen molar-refractivity contribution < 1.29 is 0 Å². The fraction of sp³-hybridized carbons (Fsp3) is 0.647. The summed E-state index contributed by atoms with van der Waals surface area (Å²) < 4.78 is 1.16. The maximum atomic E-state index is 6.01. The fourth-order valence-electron chi connectivity index (χ4n) is 4.01. The van der Waals surface area contributed by atoms with Gasteiger partial charge in [0.25, 0.3) is 0 Å². The summed E-state index contributed by atoms with van der Waals surface area (Å²) in [4.78, 5) is 2.66. The lowest BCUT2D eigenvalue weighted by atomic mass is 9.78. The molecule has 1 saturated heterocycles. The lowest BCUT2D eigenvalue weighted by molar-refractivity contribution is 0.244. The van der Waals surface area contributed by atoms with Crippen molar-refractivity contribution in [2.24, 2.45) is 11.7 Å². The first-order valence-corrected chi connectivity index (χ1v) is 8.78. The molecule has 2 nitrogen and oxygen atoms in total. The average Bonchev–Trinajstić information content (AvgIpc) is 2.46. The second kappa shape index (κ2) is 6.07. The van der Waals surface area contributed by atoms with Crippen LogP contribution in [0.3, 0.4) is 0 Å². The first-order valence-electron chi connectivity index (χ1n) is 7.98. The van der Waals surface area contributed by atoms with Crippen LogP contribution in [0.15, 0.2) is 22.7 Å². The monoisotopic (exact) mass is 336 g/mol. The molecule has 0 radical (unpaired) electrons. The van der Waals surface area contributed by atoms with Crippen LogP contribution in [0.1, 0.15) is 57.1 Å². The largest absolute Gasteiger partial charge is 0.368 e. The molecule has 0 unspecified atom stereocenters. The summed E-state index contributed by atoms with van der Waals surface area (Å²) in [6, 6.07) is 7.58. The predicted molar refractivity (Wildman–Crippen MR) is 89.1 cm³/mol. The Labute approximate surface area is 130 Å². The molecule has 0 spiro atoms. The molecule has 20 heavy (non-hydrogen) atoms. The zero-order valence-corrected chi connectivity index (χ0v) is 13.9. The van der Waals surface area contributed by atoms with Crippen molar-refractivity contribution in [2.45, 2.75) is 57.5 Å². The number of anilines is 1. The van der Waals surface area contributed by atoms with Gasteiger partial charge in [0.2, 0.25) is 0 Å². The average molecular weight is 337 g/mol. The molecule has 110 valence electrons. The number of rotatable bonds is 2. The van der Waals surface area contributed by atoms with Crippen LogP contribution in [-0.2, 0) is 0 Å². The highest BCUT2D eigenvalue weighted by molar-refractivity contribution is 9.10. The molecule has 1 aliphatic heterocycles. The second-order valence-electron chi connectivity index (χ2n) is 6.44. The zero-order valence-electron chi connectivity index (χ0n) is 12.3. The number of nitrogens with two attached hydrogens (primary N) is 1. The maximum absolute atomic E-state index is 6.01. The van der Waals surface area contributed by atoms with Gasteiger partial charge in [-0.15, -0.1) is 0 Å². The van der Waals surface area contributed by atoms with Crippen LogP contribution in [0.5, 0.6) is 0 Å². The number of halogens is 1. The third-order valence-electron chi connectivity index (χ3n) is 5.05. The lowest BCUT2D eigenvalue weighted by Gasteiger charge is -2.45. The number of piperidine rings is 1. The van der Waals surface area contributed by atoms with E-state index in [0.717, 1.165) is 16.4 Å². The lowest BCUT2D eigenvalue weighted by Crippen LogP contribution is -2.46. The Bertz CT molecular complexity index is 470. The van der Waals surface area contributed by atoms with Crippen molar-refractivity contribution >= 4 is 21.6 Å². The normalized spacial score (nSPS) is 28.1. The van der Waals surface area contributed by atoms with E-state index < -0.39 is 0 Å². The van der Waals surface area contributed by atoms with Gasteiger partial charge in [-0.3, -0.25) is 0 Å². The van der Waals surface area contributed by atoms with Gasteiger partial charge in [-0.25, -0.2) is 0 Å². The SMILES string of the molecule is C[C@H](N)c1ccc(N2CCC[C@H]3CCCC[C@H]32)cc1Br. The van der Waals surface area contributed by atoms with Gasteiger partial charge in [0.15, 0.2) is 0 Å². The van der Waals surface area contributed by atoms with E-state index in [2.05, 4.69) is 39.0 Å². The van der Waals surface area contributed by atoms with Crippen molar-refractivity contribution in [3.63, 3.8) is 0 Å². The summed E-state index contributed by atoms with van der Waals surface area (Å²) in [7, 11) is 0. The van der Waals surface area contributed by atoms with Gasteiger partial charge >= 0.3 is 0 Å². The minimum absolute atomic E-state index is 0.0854. The number of benzene rings is 1. The minimum Gasteiger partial charge on any atom is -0.368 e. The molecule has 1 aliphatic carbocycles. The number of fused-ring (bicyclic) bond motifs is 1. The molecular weight excluding hydrogens is 312 g/mol. The van der Waals surface area contributed by atoms with Crippen LogP contribution in [0.2, 0.25) is 0 Å². The van der Waals surface area contributed by atoms with Crippen LogP contribution >= 0.6 is 15.9 Å². The fourth-order valence-corrected chi connectivity index (χ4v) is 4.74. The van der Waals surface area contributed by atoms with E-state index in [1.165, 1.54) is 56.3 Å². The van der Waals surface area contributed by atoms with Gasteiger partial charge in [-0.1, -0.05) is 34.8 Å². The highest BCUT2D eigenvalue weighted by Crippen LogP contribution is 2.39. The van der Waals surface area contributed by atoms with Crippen molar-refractivity contribution in [3.05, 3.63) is 28.2 Å². The van der Waals surface area contributed by atoms with Crippen molar-refractivity contribution in [1.82, 2.24) is 0 Å². The summed E-state index contributed by atoms with van der Waals surface area (Å²) in [6.45, 7) is 3.25. The summed E-state index contributed by atoms with van der Waals surface area (Å²) in [5, 5.41) is 0. The molecule has 3 rings (SSSR count). The third-order valence-corrected chi connectivity index (χ3v) is 5.74. The van der Waals surface area contributed by atoms with Crippen LogP contribution < -0.4 is 10.6 Å². The molecule has 1 aromatic rings. The quantitative estimate of drug-likeness (QED) is 0.853. The van der Waals surface area contributed by atoms with Gasteiger partial charge in [-0.2, -0.15) is 0 Å². The first kappa shape index (κ1) is 14.4. The standard InChI is InChI=1S/C17H25BrN2/c1-12(19)15-9-8-14(11-16(15)18)20-10-4-6-13-5-2-3-7-17(13)20/h8-9,11-13,17H,2-7,10,19H2,1H3/t12-,13+,17+/m0/s1. The van der Waals surface area contributed by atoms with E-state index in [1.54, 1.807) is 0 Å². The Morgan fingerprint density at radius 2 is 1.95 bits per heavy atom.